The first-order chi connectivity index (χ1) is 8.01. The molecule has 3 nitrogen and oxygen atoms in total. The van der Waals surface area contributed by atoms with Crippen LogP contribution >= 0.6 is 22.6 Å². The number of carbonyl (C=O) groups is 1. The van der Waals surface area contributed by atoms with Crippen LogP contribution in [0.2, 0.25) is 0 Å². The first-order valence-electron chi connectivity index (χ1n) is 5.48. The molecular weight excluding hydrogens is 334 g/mol. The summed E-state index contributed by atoms with van der Waals surface area (Å²) in [6, 6.07) is 4.36. The third-order valence-corrected chi connectivity index (χ3v) is 3.99. The van der Waals surface area contributed by atoms with Gasteiger partial charge in [-0.3, -0.25) is 4.79 Å². The molecule has 92 valence electrons. The summed E-state index contributed by atoms with van der Waals surface area (Å²) in [4.78, 5) is 12.1. The molecule has 0 aromatic heterocycles. The summed E-state index contributed by atoms with van der Waals surface area (Å²) in [7, 11) is 0. The van der Waals surface area contributed by atoms with Crippen molar-refractivity contribution in [2.45, 2.75) is 13.3 Å². The highest BCUT2D eigenvalue weighted by atomic mass is 127. The molecule has 17 heavy (non-hydrogen) atoms. The van der Waals surface area contributed by atoms with Crippen molar-refractivity contribution in [3.8, 4) is 0 Å². The second-order valence-corrected chi connectivity index (χ2v) is 5.73. The Bertz CT molecular complexity index is 444. The molecule has 1 atom stereocenters. The van der Waals surface area contributed by atoms with Gasteiger partial charge in [0.1, 0.15) is 5.82 Å². The van der Waals surface area contributed by atoms with Gasteiger partial charge in [0.15, 0.2) is 0 Å². The number of nitrogens with one attached hydrogen (secondary N) is 2. The minimum atomic E-state index is -0.364. The van der Waals surface area contributed by atoms with E-state index in [0.29, 0.717) is 15.8 Å². The zero-order valence-electron chi connectivity index (χ0n) is 9.52. The Morgan fingerprint density at radius 3 is 2.94 bits per heavy atom. The van der Waals surface area contributed by atoms with E-state index in [-0.39, 0.29) is 17.1 Å². The number of amides is 1. The molecule has 1 aromatic rings. The van der Waals surface area contributed by atoms with E-state index < -0.39 is 0 Å². The van der Waals surface area contributed by atoms with Gasteiger partial charge in [0.25, 0.3) is 0 Å². The SMILES string of the molecule is CC1(C(=O)Nc2ccc(F)cc2I)CCNC1. The maximum Gasteiger partial charge on any atom is 0.231 e. The molecule has 1 fully saturated rings. The van der Waals surface area contributed by atoms with Gasteiger partial charge in [0.05, 0.1) is 11.1 Å². The van der Waals surface area contributed by atoms with Crippen molar-refractivity contribution in [1.82, 2.24) is 5.32 Å². The summed E-state index contributed by atoms with van der Waals surface area (Å²) in [5, 5.41) is 6.05. The molecule has 2 N–H and O–H groups in total. The zero-order valence-corrected chi connectivity index (χ0v) is 11.7. The molecule has 1 amide bonds. The van der Waals surface area contributed by atoms with Crippen LogP contribution in [0.1, 0.15) is 13.3 Å². The minimum absolute atomic E-state index is 0.00739. The normalized spacial score (nSPS) is 23.7. The molecule has 0 aliphatic carbocycles. The highest BCUT2D eigenvalue weighted by Gasteiger charge is 2.36. The van der Waals surface area contributed by atoms with Crippen LogP contribution in [0, 0.1) is 14.8 Å². The Hall–Kier alpha value is -0.690. The Morgan fingerprint density at radius 1 is 1.59 bits per heavy atom. The number of benzene rings is 1. The Kier molecular flexibility index (Phi) is 3.67. The maximum absolute atomic E-state index is 12.9. The van der Waals surface area contributed by atoms with Crippen LogP contribution in [0.4, 0.5) is 10.1 Å². The molecule has 1 unspecified atom stereocenters. The van der Waals surface area contributed by atoms with E-state index in [9.17, 15) is 9.18 Å². The standard InChI is InChI=1S/C12H14FIN2O/c1-12(4-5-15-7-12)11(17)16-10-3-2-8(13)6-9(10)14/h2-3,6,15H,4-5,7H2,1H3,(H,16,17). The summed E-state index contributed by atoms with van der Waals surface area (Å²) in [5.41, 5.74) is 0.308. The average Bonchev–Trinajstić information content (AvgIpc) is 2.71. The topological polar surface area (TPSA) is 41.1 Å². The van der Waals surface area contributed by atoms with Crippen LogP contribution in [-0.2, 0) is 4.79 Å². The number of hydrogen-bond donors (Lipinski definition) is 2. The summed E-state index contributed by atoms with van der Waals surface area (Å²) in [5.74, 6) is -0.298. The van der Waals surface area contributed by atoms with Crippen molar-refractivity contribution in [2.75, 3.05) is 18.4 Å². The van der Waals surface area contributed by atoms with Crippen molar-refractivity contribution in [1.29, 1.82) is 0 Å². The van der Waals surface area contributed by atoms with Crippen molar-refractivity contribution in [2.24, 2.45) is 5.41 Å². The quantitative estimate of drug-likeness (QED) is 0.806. The third kappa shape index (κ3) is 2.77. The van der Waals surface area contributed by atoms with E-state index in [4.69, 9.17) is 0 Å². The maximum atomic E-state index is 12.9. The minimum Gasteiger partial charge on any atom is -0.325 e. The largest absolute Gasteiger partial charge is 0.325 e. The molecule has 5 heteroatoms. The van der Waals surface area contributed by atoms with E-state index in [1.165, 1.54) is 12.1 Å². The summed E-state index contributed by atoms with van der Waals surface area (Å²) in [6.45, 7) is 3.50. The summed E-state index contributed by atoms with van der Waals surface area (Å²) >= 11 is 2.02. The van der Waals surface area contributed by atoms with Gasteiger partial charge >= 0.3 is 0 Å². The van der Waals surface area contributed by atoms with E-state index in [0.717, 1.165) is 13.0 Å². The fourth-order valence-electron chi connectivity index (χ4n) is 1.87. The second kappa shape index (κ2) is 4.89. The van der Waals surface area contributed by atoms with Crippen molar-refractivity contribution < 1.29 is 9.18 Å². The van der Waals surface area contributed by atoms with Crippen LogP contribution in [0.15, 0.2) is 18.2 Å². The molecule has 0 bridgehead atoms. The van der Waals surface area contributed by atoms with Gasteiger partial charge in [-0.05, 0) is 60.7 Å². The Morgan fingerprint density at radius 2 is 2.35 bits per heavy atom. The monoisotopic (exact) mass is 348 g/mol. The Balaban J connectivity index is 2.13. The lowest BCUT2D eigenvalue weighted by molar-refractivity contribution is -0.123. The fraction of sp³-hybridized carbons (Fsp3) is 0.417. The molecule has 2 rings (SSSR count). The molecule has 1 saturated heterocycles. The van der Waals surface area contributed by atoms with Crippen LogP contribution < -0.4 is 10.6 Å². The summed E-state index contributed by atoms with van der Waals surface area (Å²) < 4.78 is 13.6. The van der Waals surface area contributed by atoms with Gasteiger partial charge in [-0.1, -0.05) is 0 Å². The van der Waals surface area contributed by atoms with Crippen LogP contribution in [0.3, 0.4) is 0 Å². The molecule has 1 aromatic carbocycles. The molecule has 1 heterocycles. The Labute approximate surface area is 113 Å². The lowest BCUT2D eigenvalue weighted by Crippen LogP contribution is -2.35. The van der Waals surface area contributed by atoms with Gasteiger partial charge in [-0.2, -0.15) is 0 Å². The molecule has 0 radical (unpaired) electrons. The van der Waals surface area contributed by atoms with Crippen molar-refractivity contribution >= 4 is 34.2 Å². The number of anilines is 1. The summed E-state index contributed by atoms with van der Waals surface area (Å²) in [6.07, 6.45) is 0.830. The van der Waals surface area contributed by atoms with Gasteiger partial charge in [0.2, 0.25) is 5.91 Å². The predicted molar refractivity (Wildman–Crippen MR) is 73.3 cm³/mol. The first kappa shape index (κ1) is 12.8. The van der Waals surface area contributed by atoms with Gasteiger partial charge in [-0.15, -0.1) is 0 Å². The highest BCUT2D eigenvalue weighted by Crippen LogP contribution is 2.27. The van der Waals surface area contributed by atoms with Gasteiger partial charge in [0, 0.05) is 10.1 Å². The molecule has 0 saturated carbocycles. The van der Waals surface area contributed by atoms with Crippen molar-refractivity contribution in [3.05, 3.63) is 27.6 Å². The van der Waals surface area contributed by atoms with Crippen LogP contribution in [-0.4, -0.2) is 19.0 Å². The first-order valence-corrected chi connectivity index (χ1v) is 6.56. The lowest BCUT2D eigenvalue weighted by Gasteiger charge is -2.21. The van der Waals surface area contributed by atoms with E-state index in [1.54, 1.807) is 6.07 Å². The molecule has 1 aliphatic rings. The lowest BCUT2D eigenvalue weighted by atomic mass is 9.89. The zero-order chi connectivity index (χ0) is 12.5. The number of halogens is 2. The number of carbonyl (C=O) groups excluding carboxylic acids is 1. The smallest absolute Gasteiger partial charge is 0.231 e. The van der Waals surface area contributed by atoms with Crippen LogP contribution in [0.5, 0.6) is 0 Å². The predicted octanol–water partition coefficient (Wildman–Crippen LogP) is 2.37. The molecule has 1 aliphatic heterocycles. The van der Waals surface area contributed by atoms with Gasteiger partial charge in [-0.25, -0.2) is 4.39 Å². The van der Waals surface area contributed by atoms with Crippen molar-refractivity contribution in [3.63, 3.8) is 0 Å². The third-order valence-electron chi connectivity index (χ3n) is 3.10. The van der Waals surface area contributed by atoms with Gasteiger partial charge < -0.3 is 10.6 Å². The highest BCUT2D eigenvalue weighted by molar-refractivity contribution is 14.1. The average molecular weight is 348 g/mol. The fourth-order valence-corrected chi connectivity index (χ4v) is 2.49. The number of hydrogen-bond acceptors (Lipinski definition) is 2. The van der Waals surface area contributed by atoms with Crippen LogP contribution in [0.25, 0.3) is 0 Å². The molecular formula is C12H14FIN2O. The molecule has 0 spiro atoms. The second-order valence-electron chi connectivity index (χ2n) is 4.57. The number of rotatable bonds is 2. The van der Waals surface area contributed by atoms with E-state index >= 15 is 0 Å². The van der Waals surface area contributed by atoms with E-state index in [1.807, 2.05) is 29.5 Å². The van der Waals surface area contributed by atoms with E-state index in [2.05, 4.69) is 10.6 Å².